The molecule has 0 fully saturated rings. The first-order valence-corrected chi connectivity index (χ1v) is 7.23. The molecule has 1 atom stereocenters. The standard InChI is InChI=1S/C14H26N4O/c1-11(14(2,3)19)17(4)10-13-16-15-12-8-6-5-7-9-18(12)13/h11,19H,5-10H2,1-4H3. The van der Waals surface area contributed by atoms with Crippen molar-refractivity contribution in [2.24, 2.45) is 0 Å². The molecular formula is C14H26N4O. The maximum Gasteiger partial charge on any atom is 0.147 e. The zero-order valence-corrected chi connectivity index (χ0v) is 12.6. The lowest BCUT2D eigenvalue weighted by atomic mass is 10.00. The third-order valence-electron chi connectivity index (χ3n) is 4.26. The van der Waals surface area contributed by atoms with Crippen LogP contribution in [0, 0.1) is 0 Å². The molecule has 1 aromatic heterocycles. The number of likely N-dealkylation sites (N-methyl/N-ethyl adjacent to an activating group) is 1. The summed E-state index contributed by atoms with van der Waals surface area (Å²) < 4.78 is 2.26. The van der Waals surface area contributed by atoms with Crippen molar-refractivity contribution in [2.75, 3.05) is 7.05 Å². The van der Waals surface area contributed by atoms with Gasteiger partial charge in [-0.25, -0.2) is 0 Å². The Hall–Kier alpha value is -0.940. The molecule has 1 aromatic rings. The van der Waals surface area contributed by atoms with E-state index in [1.54, 1.807) is 0 Å². The van der Waals surface area contributed by atoms with Crippen LogP contribution >= 0.6 is 0 Å². The van der Waals surface area contributed by atoms with E-state index >= 15 is 0 Å². The summed E-state index contributed by atoms with van der Waals surface area (Å²) in [5, 5.41) is 18.7. The summed E-state index contributed by atoms with van der Waals surface area (Å²) in [7, 11) is 2.03. The van der Waals surface area contributed by atoms with Crippen LogP contribution in [-0.4, -0.2) is 43.5 Å². The normalized spacial score (nSPS) is 18.2. The molecule has 0 spiro atoms. The van der Waals surface area contributed by atoms with Crippen molar-refractivity contribution in [3.63, 3.8) is 0 Å². The molecule has 1 aliphatic rings. The zero-order valence-electron chi connectivity index (χ0n) is 12.6. The lowest BCUT2D eigenvalue weighted by Gasteiger charge is -2.33. The first-order chi connectivity index (χ1) is 8.89. The fourth-order valence-electron chi connectivity index (χ4n) is 2.56. The van der Waals surface area contributed by atoms with Crippen LogP contribution in [0.5, 0.6) is 0 Å². The highest BCUT2D eigenvalue weighted by atomic mass is 16.3. The van der Waals surface area contributed by atoms with Crippen LogP contribution in [0.3, 0.4) is 0 Å². The smallest absolute Gasteiger partial charge is 0.147 e. The van der Waals surface area contributed by atoms with Gasteiger partial charge in [0.15, 0.2) is 0 Å². The van der Waals surface area contributed by atoms with Crippen LogP contribution < -0.4 is 0 Å². The Morgan fingerprint density at radius 3 is 2.74 bits per heavy atom. The van der Waals surface area contributed by atoms with Gasteiger partial charge in [0.05, 0.1) is 12.1 Å². The molecule has 2 rings (SSSR count). The molecule has 0 radical (unpaired) electrons. The highest BCUT2D eigenvalue weighted by Crippen LogP contribution is 2.18. The van der Waals surface area contributed by atoms with E-state index in [2.05, 4.69) is 19.7 Å². The van der Waals surface area contributed by atoms with Crippen LogP contribution in [0.4, 0.5) is 0 Å². The van der Waals surface area contributed by atoms with E-state index in [0.717, 1.165) is 31.2 Å². The Bertz CT molecular complexity index is 422. The average Bonchev–Trinajstić information content (AvgIpc) is 2.57. The fraction of sp³-hybridized carbons (Fsp3) is 0.857. The maximum atomic E-state index is 10.1. The fourth-order valence-corrected chi connectivity index (χ4v) is 2.56. The van der Waals surface area contributed by atoms with Crippen molar-refractivity contribution in [3.05, 3.63) is 11.6 Å². The number of aryl methyl sites for hydroxylation is 1. The van der Waals surface area contributed by atoms with E-state index in [1.807, 2.05) is 27.8 Å². The van der Waals surface area contributed by atoms with Gasteiger partial charge in [-0.1, -0.05) is 6.42 Å². The minimum atomic E-state index is -0.712. The summed E-state index contributed by atoms with van der Waals surface area (Å²) in [6, 6.07) is 0.0752. The summed E-state index contributed by atoms with van der Waals surface area (Å²) in [6.07, 6.45) is 4.74. The summed E-state index contributed by atoms with van der Waals surface area (Å²) in [6.45, 7) is 7.50. The monoisotopic (exact) mass is 266 g/mol. The van der Waals surface area contributed by atoms with E-state index in [1.165, 1.54) is 19.3 Å². The topological polar surface area (TPSA) is 54.2 Å². The van der Waals surface area contributed by atoms with Crippen molar-refractivity contribution in [1.29, 1.82) is 0 Å². The Morgan fingerprint density at radius 2 is 2.05 bits per heavy atom. The highest BCUT2D eigenvalue weighted by Gasteiger charge is 2.27. The molecule has 0 aliphatic carbocycles. The second-order valence-electron chi connectivity index (χ2n) is 6.24. The number of fused-ring (bicyclic) bond motifs is 1. The van der Waals surface area contributed by atoms with E-state index in [9.17, 15) is 5.11 Å². The summed E-state index contributed by atoms with van der Waals surface area (Å²) in [4.78, 5) is 2.14. The Balaban J connectivity index is 2.09. The SMILES string of the molecule is CC(N(C)Cc1nnc2n1CCCCC2)C(C)(C)O. The largest absolute Gasteiger partial charge is 0.389 e. The second kappa shape index (κ2) is 5.59. The van der Waals surface area contributed by atoms with Crippen molar-refractivity contribution in [1.82, 2.24) is 19.7 Å². The van der Waals surface area contributed by atoms with Gasteiger partial charge >= 0.3 is 0 Å². The summed E-state index contributed by atoms with van der Waals surface area (Å²) >= 11 is 0. The molecule has 0 saturated carbocycles. The molecule has 1 unspecified atom stereocenters. The molecule has 108 valence electrons. The van der Waals surface area contributed by atoms with Crippen molar-refractivity contribution < 1.29 is 5.11 Å². The predicted octanol–water partition coefficient (Wildman–Crippen LogP) is 1.60. The van der Waals surface area contributed by atoms with Gasteiger partial charge < -0.3 is 9.67 Å². The lowest BCUT2D eigenvalue weighted by Crippen LogP contribution is -2.45. The van der Waals surface area contributed by atoms with Gasteiger partial charge in [0.2, 0.25) is 0 Å². The van der Waals surface area contributed by atoms with Gasteiger partial charge in [-0.2, -0.15) is 0 Å². The Morgan fingerprint density at radius 1 is 1.32 bits per heavy atom. The molecule has 0 saturated heterocycles. The van der Waals surface area contributed by atoms with E-state index in [-0.39, 0.29) is 6.04 Å². The molecule has 1 N–H and O–H groups in total. The molecule has 5 nitrogen and oxygen atoms in total. The number of hydrogen-bond donors (Lipinski definition) is 1. The first kappa shape index (κ1) is 14.5. The van der Waals surface area contributed by atoms with E-state index in [0.29, 0.717) is 0 Å². The number of aromatic nitrogens is 3. The predicted molar refractivity (Wildman–Crippen MR) is 74.8 cm³/mol. The molecule has 1 aliphatic heterocycles. The van der Waals surface area contributed by atoms with Crippen LogP contribution in [0.15, 0.2) is 0 Å². The zero-order chi connectivity index (χ0) is 14.0. The van der Waals surface area contributed by atoms with Gasteiger partial charge in [-0.05, 0) is 40.7 Å². The number of hydrogen-bond acceptors (Lipinski definition) is 4. The number of aliphatic hydroxyl groups is 1. The van der Waals surface area contributed by atoms with Crippen LogP contribution in [0.1, 0.15) is 51.7 Å². The van der Waals surface area contributed by atoms with Crippen LogP contribution in [-0.2, 0) is 19.5 Å². The molecule has 0 amide bonds. The molecular weight excluding hydrogens is 240 g/mol. The van der Waals surface area contributed by atoms with Gasteiger partial charge in [0, 0.05) is 19.0 Å². The summed E-state index contributed by atoms with van der Waals surface area (Å²) in [5.41, 5.74) is -0.712. The average molecular weight is 266 g/mol. The Kier molecular flexibility index (Phi) is 4.26. The van der Waals surface area contributed by atoms with E-state index in [4.69, 9.17) is 0 Å². The van der Waals surface area contributed by atoms with Crippen LogP contribution in [0.25, 0.3) is 0 Å². The highest BCUT2D eigenvalue weighted by molar-refractivity contribution is 4.98. The van der Waals surface area contributed by atoms with Crippen LogP contribution in [0.2, 0.25) is 0 Å². The third-order valence-corrected chi connectivity index (χ3v) is 4.26. The molecule has 0 aromatic carbocycles. The Labute approximate surface area is 115 Å². The van der Waals surface area contributed by atoms with Crippen molar-refractivity contribution in [2.45, 2.75) is 71.2 Å². The van der Waals surface area contributed by atoms with Crippen molar-refractivity contribution >= 4 is 0 Å². The summed E-state index contributed by atoms with van der Waals surface area (Å²) in [5.74, 6) is 2.15. The van der Waals surface area contributed by atoms with Crippen molar-refractivity contribution in [3.8, 4) is 0 Å². The number of rotatable bonds is 4. The minimum absolute atomic E-state index is 0.0752. The second-order valence-corrected chi connectivity index (χ2v) is 6.24. The van der Waals surface area contributed by atoms with Gasteiger partial charge in [-0.15, -0.1) is 10.2 Å². The molecule has 0 bridgehead atoms. The number of nitrogens with zero attached hydrogens (tertiary/aromatic N) is 4. The molecule has 2 heterocycles. The van der Waals surface area contributed by atoms with Gasteiger partial charge in [0.1, 0.15) is 11.6 Å². The molecule has 5 heteroatoms. The maximum absolute atomic E-state index is 10.1. The quantitative estimate of drug-likeness (QED) is 0.899. The van der Waals surface area contributed by atoms with Gasteiger partial charge in [0.25, 0.3) is 0 Å². The first-order valence-electron chi connectivity index (χ1n) is 7.23. The molecule has 19 heavy (non-hydrogen) atoms. The lowest BCUT2D eigenvalue weighted by molar-refractivity contribution is -0.00595. The third kappa shape index (κ3) is 3.34. The van der Waals surface area contributed by atoms with Gasteiger partial charge in [-0.3, -0.25) is 4.90 Å². The minimum Gasteiger partial charge on any atom is -0.389 e. The van der Waals surface area contributed by atoms with E-state index < -0.39 is 5.60 Å².